The summed E-state index contributed by atoms with van der Waals surface area (Å²) in [6.07, 6.45) is 1.04. The maximum atomic E-state index is 5.56. The first kappa shape index (κ1) is 11.2. The Bertz CT molecular complexity index is 261. The molecular weight excluding hydrogens is 172 g/mol. The zero-order valence-electron chi connectivity index (χ0n) is 9.25. The van der Waals surface area contributed by atoms with Crippen molar-refractivity contribution in [2.75, 3.05) is 0 Å². The molecule has 0 heterocycles. The van der Waals surface area contributed by atoms with E-state index in [1.165, 1.54) is 5.56 Å². The van der Waals surface area contributed by atoms with Gasteiger partial charge in [0.2, 0.25) is 0 Å². The van der Waals surface area contributed by atoms with Crippen LogP contribution in [0.25, 0.3) is 0 Å². The van der Waals surface area contributed by atoms with Gasteiger partial charge in [-0.3, -0.25) is 11.3 Å². The lowest BCUT2D eigenvalue weighted by Gasteiger charge is -2.25. The molecule has 2 heteroatoms. The quantitative estimate of drug-likeness (QED) is 0.570. The van der Waals surface area contributed by atoms with Gasteiger partial charge in [-0.1, -0.05) is 51.1 Å². The molecule has 0 saturated carbocycles. The van der Waals surface area contributed by atoms with E-state index in [9.17, 15) is 0 Å². The molecule has 14 heavy (non-hydrogen) atoms. The first-order chi connectivity index (χ1) is 6.53. The van der Waals surface area contributed by atoms with Crippen LogP contribution in [-0.4, -0.2) is 0 Å². The Hall–Kier alpha value is -0.860. The Morgan fingerprint density at radius 3 is 2.21 bits per heavy atom. The van der Waals surface area contributed by atoms with Gasteiger partial charge < -0.3 is 0 Å². The molecule has 78 valence electrons. The summed E-state index contributed by atoms with van der Waals surface area (Å²) in [7, 11) is 0. The van der Waals surface area contributed by atoms with E-state index in [1.807, 2.05) is 18.2 Å². The molecule has 1 atom stereocenters. The lowest BCUT2D eigenvalue weighted by atomic mass is 9.86. The maximum Gasteiger partial charge on any atom is 0.0464 e. The van der Waals surface area contributed by atoms with Crippen LogP contribution in [0.1, 0.15) is 38.8 Å². The predicted octanol–water partition coefficient (Wildman–Crippen LogP) is 2.63. The molecule has 0 radical (unpaired) electrons. The number of hydrogen-bond acceptors (Lipinski definition) is 2. The molecule has 0 aliphatic rings. The first-order valence-electron chi connectivity index (χ1n) is 5.04. The third-order valence-electron chi connectivity index (χ3n) is 2.22. The Balaban J connectivity index is 2.73. The minimum atomic E-state index is 0.246. The Morgan fingerprint density at radius 2 is 1.79 bits per heavy atom. The fourth-order valence-corrected chi connectivity index (χ4v) is 1.57. The normalized spacial score (nSPS) is 14.0. The summed E-state index contributed by atoms with van der Waals surface area (Å²) in [6, 6.07) is 10.6. The van der Waals surface area contributed by atoms with Crippen molar-refractivity contribution in [3.8, 4) is 0 Å². The molecule has 3 N–H and O–H groups in total. The second-order valence-corrected chi connectivity index (χ2v) is 4.89. The largest absolute Gasteiger partial charge is 0.271 e. The minimum absolute atomic E-state index is 0.246. The van der Waals surface area contributed by atoms with E-state index >= 15 is 0 Å². The van der Waals surface area contributed by atoms with Crippen LogP contribution in [0.15, 0.2) is 30.3 Å². The highest BCUT2D eigenvalue weighted by Gasteiger charge is 2.18. The van der Waals surface area contributed by atoms with Crippen molar-refractivity contribution in [1.82, 2.24) is 5.43 Å². The Kier molecular flexibility index (Phi) is 3.67. The minimum Gasteiger partial charge on any atom is -0.271 e. The van der Waals surface area contributed by atoms with Crippen molar-refractivity contribution >= 4 is 0 Å². The fourth-order valence-electron chi connectivity index (χ4n) is 1.57. The third-order valence-corrected chi connectivity index (χ3v) is 2.22. The smallest absolute Gasteiger partial charge is 0.0464 e. The Morgan fingerprint density at radius 1 is 1.21 bits per heavy atom. The molecule has 1 unspecified atom stereocenters. The average Bonchev–Trinajstić information content (AvgIpc) is 2.14. The van der Waals surface area contributed by atoms with Crippen molar-refractivity contribution in [3.05, 3.63) is 35.9 Å². The zero-order chi connectivity index (χ0) is 10.6. The van der Waals surface area contributed by atoms with Crippen molar-refractivity contribution in [2.45, 2.75) is 33.2 Å². The number of rotatable bonds is 3. The molecule has 0 amide bonds. The summed E-state index contributed by atoms with van der Waals surface area (Å²) in [4.78, 5) is 0. The lowest BCUT2D eigenvalue weighted by molar-refractivity contribution is 0.313. The average molecular weight is 192 g/mol. The summed E-state index contributed by atoms with van der Waals surface area (Å²) in [5, 5.41) is 0. The van der Waals surface area contributed by atoms with Crippen LogP contribution in [0.4, 0.5) is 0 Å². The molecular formula is C12H20N2. The monoisotopic (exact) mass is 192 g/mol. The SMILES string of the molecule is CC(C)(C)CC(NN)c1ccccc1. The summed E-state index contributed by atoms with van der Waals surface area (Å²) in [5.74, 6) is 5.56. The summed E-state index contributed by atoms with van der Waals surface area (Å²) in [6.45, 7) is 6.67. The molecule has 0 spiro atoms. The van der Waals surface area contributed by atoms with E-state index in [0.717, 1.165) is 6.42 Å². The number of benzene rings is 1. The summed E-state index contributed by atoms with van der Waals surface area (Å²) >= 11 is 0. The van der Waals surface area contributed by atoms with Gasteiger partial charge in [-0.15, -0.1) is 0 Å². The molecule has 0 aromatic heterocycles. The highest BCUT2D eigenvalue weighted by Crippen LogP contribution is 2.28. The van der Waals surface area contributed by atoms with Gasteiger partial charge in [0.05, 0.1) is 0 Å². The van der Waals surface area contributed by atoms with E-state index in [0.29, 0.717) is 0 Å². The van der Waals surface area contributed by atoms with Crippen molar-refractivity contribution in [2.24, 2.45) is 11.3 Å². The van der Waals surface area contributed by atoms with Crippen LogP contribution in [0, 0.1) is 5.41 Å². The molecule has 0 fully saturated rings. The molecule has 2 nitrogen and oxygen atoms in total. The maximum absolute atomic E-state index is 5.56. The van der Waals surface area contributed by atoms with Crippen LogP contribution in [-0.2, 0) is 0 Å². The first-order valence-corrected chi connectivity index (χ1v) is 5.04. The molecule has 0 bridgehead atoms. The van der Waals surface area contributed by atoms with Gasteiger partial charge in [0.25, 0.3) is 0 Å². The third kappa shape index (κ3) is 3.48. The second kappa shape index (κ2) is 4.58. The van der Waals surface area contributed by atoms with Gasteiger partial charge in [-0.25, -0.2) is 0 Å². The topological polar surface area (TPSA) is 38.0 Å². The van der Waals surface area contributed by atoms with Crippen molar-refractivity contribution in [1.29, 1.82) is 0 Å². The summed E-state index contributed by atoms with van der Waals surface area (Å²) in [5.41, 5.74) is 4.41. The molecule has 0 saturated heterocycles. The fraction of sp³-hybridized carbons (Fsp3) is 0.500. The van der Waals surface area contributed by atoms with E-state index in [2.05, 4.69) is 38.3 Å². The summed E-state index contributed by atoms with van der Waals surface area (Å²) < 4.78 is 0. The molecule has 1 aromatic carbocycles. The van der Waals surface area contributed by atoms with Gasteiger partial charge in [-0.2, -0.15) is 0 Å². The van der Waals surface area contributed by atoms with E-state index in [-0.39, 0.29) is 11.5 Å². The molecule has 1 rings (SSSR count). The van der Waals surface area contributed by atoms with Gasteiger partial charge in [0.1, 0.15) is 0 Å². The lowest BCUT2D eigenvalue weighted by Crippen LogP contribution is -2.31. The van der Waals surface area contributed by atoms with Crippen molar-refractivity contribution in [3.63, 3.8) is 0 Å². The van der Waals surface area contributed by atoms with Gasteiger partial charge in [-0.05, 0) is 17.4 Å². The van der Waals surface area contributed by atoms with Crippen LogP contribution in [0.5, 0.6) is 0 Å². The highest BCUT2D eigenvalue weighted by molar-refractivity contribution is 5.18. The molecule has 0 aliphatic heterocycles. The van der Waals surface area contributed by atoms with Crippen LogP contribution < -0.4 is 11.3 Å². The molecule has 1 aromatic rings. The van der Waals surface area contributed by atoms with Gasteiger partial charge in [0.15, 0.2) is 0 Å². The number of nitrogens with two attached hydrogens (primary N) is 1. The molecule has 0 aliphatic carbocycles. The second-order valence-electron chi connectivity index (χ2n) is 4.89. The highest BCUT2D eigenvalue weighted by atomic mass is 15.2. The Labute approximate surface area is 86.5 Å². The number of nitrogens with one attached hydrogen (secondary N) is 1. The van der Waals surface area contributed by atoms with E-state index in [1.54, 1.807) is 0 Å². The van der Waals surface area contributed by atoms with Crippen LogP contribution in [0.3, 0.4) is 0 Å². The van der Waals surface area contributed by atoms with Gasteiger partial charge >= 0.3 is 0 Å². The van der Waals surface area contributed by atoms with Crippen molar-refractivity contribution < 1.29 is 0 Å². The van der Waals surface area contributed by atoms with Gasteiger partial charge in [0, 0.05) is 6.04 Å². The van der Waals surface area contributed by atoms with Crippen LogP contribution in [0.2, 0.25) is 0 Å². The van der Waals surface area contributed by atoms with E-state index < -0.39 is 0 Å². The number of hydrogen-bond donors (Lipinski definition) is 2. The standard InChI is InChI=1S/C12H20N2/c1-12(2,3)9-11(14-13)10-7-5-4-6-8-10/h4-8,11,14H,9,13H2,1-3H3. The zero-order valence-corrected chi connectivity index (χ0v) is 9.25. The van der Waals surface area contributed by atoms with Crippen LogP contribution >= 0.6 is 0 Å². The predicted molar refractivity (Wildman–Crippen MR) is 60.6 cm³/mol. The van der Waals surface area contributed by atoms with E-state index in [4.69, 9.17) is 5.84 Å². The number of hydrazine groups is 1.